The summed E-state index contributed by atoms with van der Waals surface area (Å²) in [5.74, 6) is 0.601. The molecule has 2 aromatic heterocycles. The zero-order valence-corrected chi connectivity index (χ0v) is 20.5. The van der Waals surface area contributed by atoms with Gasteiger partial charge in [-0.2, -0.15) is 23.1 Å². The van der Waals surface area contributed by atoms with Gasteiger partial charge >= 0.3 is 12.2 Å². The van der Waals surface area contributed by atoms with Crippen molar-refractivity contribution >= 4 is 34.1 Å². The highest BCUT2D eigenvalue weighted by molar-refractivity contribution is 6.34. The standard InChI is InChI=1S/C24H27ClF3N7O/c1-34-8-2-3-14(34)13-36-23-31-19-12-15(21-17(24(26,27)28)4-5-20(29)32-21)18(25)11-16(19)22(33-23)35-9-6-30-7-10-35/h4-5,11-12,14,30H,2-3,6-10,13H2,1H3,(H2,29,32)/t14-/m0/s1. The van der Waals surface area contributed by atoms with Gasteiger partial charge in [0.25, 0.3) is 0 Å². The molecule has 0 amide bonds. The van der Waals surface area contributed by atoms with Crippen molar-refractivity contribution in [2.75, 3.05) is 57.0 Å². The third kappa shape index (κ3) is 5.00. The second-order valence-corrected chi connectivity index (χ2v) is 9.54. The lowest BCUT2D eigenvalue weighted by atomic mass is 10.0. The summed E-state index contributed by atoms with van der Waals surface area (Å²) < 4.78 is 47.3. The Morgan fingerprint density at radius 3 is 2.61 bits per heavy atom. The third-order valence-electron chi connectivity index (χ3n) is 6.71. The van der Waals surface area contributed by atoms with Crippen LogP contribution in [0.1, 0.15) is 18.4 Å². The average molecular weight is 522 g/mol. The number of anilines is 2. The molecular formula is C24H27ClF3N7O. The molecule has 0 spiro atoms. The van der Waals surface area contributed by atoms with Gasteiger partial charge in [-0.05, 0) is 50.7 Å². The number of pyridine rings is 1. The van der Waals surface area contributed by atoms with Gasteiger partial charge < -0.3 is 25.6 Å². The number of nitrogens with two attached hydrogens (primary N) is 1. The van der Waals surface area contributed by atoms with Crippen molar-refractivity contribution in [1.82, 2.24) is 25.2 Å². The summed E-state index contributed by atoms with van der Waals surface area (Å²) in [6.45, 7) is 4.43. The highest BCUT2D eigenvalue weighted by Crippen LogP contribution is 2.41. The van der Waals surface area contributed by atoms with E-state index in [9.17, 15) is 13.2 Å². The quantitative estimate of drug-likeness (QED) is 0.523. The number of likely N-dealkylation sites (tertiary alicyclic amines) is 1. The van der Waals surface area contributed by atoms with Gasteiger partial charge in [-0.15, -0.1) is 0 Å². The van der Waals surface area contributed by atoms with Crippen molar-refractivity contribution in [1.29, 1.82) is 0 Å². The monoisotopic (exact) mass is 521 g/mol. The van der Waals surface area contributed by atoms with Crippen LogP contribution >= 0.6 is 11.6 Å². The minimum atomic E-state index is -4.63. The number of aromatic nitrogens is 3. The number of nitrogen functional groups attached to an aromatic ring is 1. The normalized spacial score (nSPS) is 19.2. The van der Waals surface area contributed by atoms with E-state index in [1.54, 1.807) is 6.07 Å². The molecule has 4 heterocycles. The molecule has 0 saturated carbocycles. The molecule has 0 unspecified atom stereocenters. The number of alkyl halides is 3. The highest BCUT2D eigenvalue weighted by Gasteiger charge is 2.35. The molecule has 192 valence electrons. The number of likely N-dealkylation sites (N-methyl/N-ethyl adjacent to an activating group) is 1. The summed E-state index contributed by atoms with van der Waals surface area (Å²) in [7, 11) is 2.06. The van der Waals surface area contributed by atoms with Crippen molar-refractivity contribution in [3.8, 4) is 17.3 Å². The maximum atomic E-state index is 13.8. The molecule has 0 aliphatic carbocycles. The fourth-order valence-corrected chi connectivity index (χ4v) is 5.00. The summed E-state index contributed by atoms with van der Waals surface area (Å²) in [4.78, 5) is 17.6. The minimum Gasteiger partial charge on any atom is -0.462 e. The first-order valence-electron chi connectivity index (χ1n) is 11.8. The van der Waals surface area contributed by atoms with Gasteiger partial charge in [0, 0.05) is 43.2 Å². The molecule has 2 aliphatic heterocycles. The molecule has 0 bridgehead atoms. The van der Waals surface area contributed by atoms with E-state index in [-0.39, 0.29) is 34.2 Å². The molecule has 2 saturated heterocycles. The first kappa shape index (κ1) is 24.8. The summed E-state index contributed by atoms with van der Waals surface area (Å²) in [5, 5.41) is 4.04. The van der Waals surface area contributed by atoms with Gasteiger partial charge in [0.15, 0.2) is 0 Å². The molecule has 0 radical (unpaired) electrons. The van der Waals surface area contributed by atoms with E-state index < -0.39 is 11.7 Å². The molecule has 1 aromatic carbocycles. The molecule has 8 nitrogen and oxygen atoms in total. The number of halogens is 4. The average Bonchev–Trinajstić information content (AvgIpc) is 3.26. The molecule has 3 N–H and O–H groups in total. The summed E-state index contributed by atoms with van der Waals surface area (Å²) >= 11 is 6.55. The topological polar surface area (TPSA) is 92.4 Å². The molecule has 2 fully saturated rings. The molecule has 3 aromatic rings. The van der Waals surface area contributed by atoms with Gasteiger partial charge in [-0.25, -0.2) is 4.98 Å². The van der Waals surface area contributed by atoms with E-state index in [1.807, 2.05) is 0 Å². The smallest absolute Gasteiger partial charge is 0.418 e. The Morgan fingerprint density at radius 1 is 1.14 bits per heavy atom. The Hall–Kier alpha value is -2.89. The molecule has 36 heavy (non-hydrogen) atoms. The number of piperazine rings is 1. The van der Waals surface area contributed by atoms with Crippen LogP contribution in [0.15, 0.2) is 24.3 Å². The zero-order chi connectivity index (χ0) is 25.4. The fraction of sp³-hybridized carbons (Fsp3) is 0.458. The first-order valence-corrected chi connectivity index (χ1v) is 12.2. The Bertz CT molecular complexity index is 1270. The number of hydrogen-bond donors (Lipinski definition) is 2. The van der Waals surface area contributed by atoms with Crippen LogP contribution in [0.5, 0.6) is 6.01 Å². The maximum Gasteiger partial charge on any atom is 0.418 e. The van der Waals surface area contributed by atoms with E-state index in [1.165, 1.54) is 6.07 Å². The molecule has 12 heteroatoms. The largest absolute Gasteiger partial charge is 0.462 e. The maximum absolute atomic E-state index is 13.8. The van der Waals surface area contributed by atoms with E-state index in [4.69, 9.17) is 27.1 Å². The van der Waals surface area contributed by atoms with Crippen molar-refractivity contribution in [2.24, 2.45) is 0 Å². The lowest BCUT2D eigenvalue weighted by Crippen LogP contribution is -2.44. The summed E-state index contributed by atoms with van der Waals surface area (Å²) in [5.41, 5.74) is 5.00. The van der Waals surface area contributed by atoms with Crippen LogP contribution < -0.4 is 20.7 Å². The Labute approximate surface area is 211 Å². The third-order valence-corrected chi connectivity index (χ3v) is 7.03. The van der Waals surface area contributed by atoms with E-state index in [0.29, 0.717) is 36.4 Å². The number of ether oxygens (including phenoxy) is 1. The van der Waals surface area contributed by atoms with Crippen molar-refractivity contribution in [3.63, 3.8) is 0 Å². The van der Waals surface area contributed by atoms with E-state index in [0.717, 1.165) is 44.6 Å². The van der Waals surface area contributed by atoms with Crippen LogP contribution in [0.25, 0.3) is 22.2 Å². The van der Waals surface area contributed by atoms with Crippen molar-refractivity contribution in [2.45, 2.75) is 25.1 Å². The zero-order valence-electron chi connectivity index (χ0n) is 19.8. The number of nitrogens with one attached hydrogen (secondary N) is 1. The van der Waals surface area contributed by atoms with E-state index in [2.05, 4.69) is 32.1 Å². The lowest BCUT2D eigenvalue weighted by molar-refractivity contribution is -0.137. The Kier molecular flexibility index (Phi) is 6.80. The predicted octanol–water partition coefficient (Wildman–Crippen LogP) is 3.83. The second-order valence-electron chi connectivity index (χ2n) is 9.13. The molecular weight excluding hydrogens is 495 g/mol. The van der Waals surface area contributed by atoms with Crippen LogP contribution in [0.3, 0.4) is 0 Å². The SMILES string of the molecule is CN1CCC[C@H]1COc1nc(N2CCNCC2)c2cc(Cl)c(-c3nc(N)ccc3C(F)(F)F)cc2n1. The van der Waals surface area contributed by atoms with Crippen LogP contribution in [0, 0.1) is 0 Å². The van der Waals surface area contributed by atoms with Crippen LogP contribution in [-0.2, 0) is 6.18 Å². The van der Waals surface area contributed by atoms with Crippen molar-refractivity contribution < 1.29 is 17.9 Å². The molecule has 2 aliphatic rings. The highest BCUT2D eigenvalue weighted by atomic mass is 35.5. The van der Waals surface area contributed by atoms with Gasteiger partial charge in [0.2, 0.25) is 0 Å². The summed E-state index contributed by atoms with van der Waals surface area (Å²) in [6, 6.07) is 5.59. The Morgan fingerprint density at radius 2 is 1.92 bits per heavy atom. The number of fused-ring (bicyclic) bond motifs is 1. The van der Waals surface area contributed by atoms with Crippen LogP contribution in [0.4, 0.5) is 24.8 Å². The molecule has 5 rings (SSSR count). The lowest BCUT2D eigenvalue weighted by Gasteiger charge is -2.29. The van der Waals surface area contributed by atoms with Gasteiger partial charge in [0.1, 0.15) is 18.2 Å². The van der Waals surface area contributed by atoms with Crippen molar-refractivity contribution in [3.05, 3.63) is 34.9 Å². The second kappa shape index (κ2) is 9.87. The first-order chi connectivity index (χ1) is 17.2. The van der Waals surface area contributed by atoms with Gasteiger partial charge in [-0.1, -0.05) is 11.6 Å². The predicted molar refractivity (Wildman–Crippen MR) is 133 cm³/mol. The van der Waals surface area contributed by atoms with Crippen LogP contribution in [0.2, 0.25) is 5.02 Å². The number of rotatable bonds is 5. The number of nitrogens with zero attached hydrogens (tertiary/aromatic N) is 5. The Balaban J connectivity index is 1.62. The minimum absolute atomic E-state index is 0.0388. The van der Waals surface area contributed by atoms with E-state index >= 15 is 0 Å². The molecule has 1 atom stereocenters. The van der Waals surface area contributed by atoms with Gasteiger partial charge in [-0.3, -0.25) is 0 Å². The summed E-state index contributed by atoms with van der Waals surface area (Å²) in [6.07, 6.45) is -2.50. The van der Waals surface area contributed by atoms with Gasteiger partial charge in [0.05, 0.1) is 21.8 Å². The number of benzene rings is 1. The fourth-order valence-electron chi connectivity index (χ4n) is 4.74. The van der Waals surface area contributed by atoms with Crippen LogP contribution in [-0.4, -0.2) is 72.3 Å². The number of hydrogen-bond acceptors (Lipinski definition) is 8.